The minimum atomic E-state index is -0.594. The van der Waals surface area contributed by atoms with E-state index in [1.165, 1.54) is 19.2 Å². The number of carbonyl (C=O) groups is 2. The van der Waals surface area contributed by atoms with E-state index in [4.69, 9.17) is 9.47 Å². The van der Waals surface area contributed by atoms with Crippen molar-refractivity contribution in [1.82, 2.24) is 5.32 Å². The summed E-state index contributed by atoms with van der Waals surface area (Å²) in [6, 6.07) is 14.2. The molecule has 150 valence electrons. The number of anilines is 1. The molecule has 0 aromatic heterocycles. The molecule has 0 fully saturated rings. The Kier molecular flexibility index (Phi) is 8.27. The third kappa shape index (κ3) is 6.90. The van der Waals surface area contributed by atoms with E-state index in [-0.39, 0.29) is 24.7 Å². The molecule has 0 aliphatic rings. The van der Waals surface area contributed by atoms with E-state index in [1.807, 2.05) is 37.4 Å². The molecule has 1 N–H and O–H groups in total. The van der Waals surface area contributed by atoms with Gasteiger partial charge in [-0.3, -0.25) is 9.59 Å². The lowest BCUT2D eigenvalue weighted by atomic mass is 10.1. The van der Waals surface area contributed by atoms with Gasteiger partial charge in [-0.1, -0.05) is 24.3 Å². The Morgan fingerprint density at radius 3 is 2.57 bits per heavy atom. The molecule has 2 aromatic rings. The van der Waals surface area contributed by atoms with Crippen LogP contribution >= 0.6 is 0 Å². The molecule has 0 unspecified atom stereocenters. The van der Waals surface area contributed by atoms with Crippen LogP contribution in [-0.2, 0) is 20.7 Å². The number of esters is 1. The lowest BCUT2D eigenvalue weighted by Crippen LogP contribution is -2.31. The average molecular weight is 388 g/mol. The number of hydrogen-bond acceptors (Lipinski definition) is 5. The molecule has 2 rings (SSSR count). The topological polar surface area (TPSA) is 67.9 Å². The Bertz CT molecular complexity index is 783. The Hall–Kier alpha value is -3.09. The minimum Gasteiger partial charge on any atom is -0.494 e. The Morgan fingerprint density at radius 1 is 1.14 bits per heavy atom. The molecule has 1 amide bonds. The molecule has 0 aliphatic heterocycles. The molecule has 0 radical (unpaired) electrons. The third-order valence-corrected chi connectivity index (χ3v) is 4.12. The van der Waals surface area contributed by atoms with Gasteiger partial charge in [-0.05, 0) is 36.2 Å². The van der Waals surface area contributed by atoms with Crippen LogP contribution in [0.2, 0.25) is 0 Å². The Morgan fingerprint density at radius 2 is 1.89 bits per heavy atom. The third-order valence-electron chi connectivity index (χ3n) is 4.12. The van der Waals surface area contributed by atoms with Gasteiger partial charge in [0.2, 0.25) is 0 Å². The molecule has 28 heavy (non-hydrogen) atoms. The van der Waals surface area contributed by atoms with E-state index in [0.29, 0.717) is 12.1 Å². The van der Waals surface area contributed by atoms with E-state index in [9.17, 15) is 14.0 Å². The van der Waals surface area contributed by atoms with Gasteiger partial charge in [-0.15, -0.1) is 0 Å². The van der Waals surface area contributed by atoms with Crippen molar-refractivity contribution in [1.29, 1.82) is 0 Å². The van der Waals surface area contributed by atoms with Gasteiger partial charge in [0, 0.05) is 25.8 Å². The number of rotatable bonds is 10. The summed E-state index contributed by atoms with van der Waals surface area (Å²) in [4.78, 5) is 25.7. The number of halogens is 1. The molecule has 7 heteroatoms. The summed E-state index contributed by atoms with van der Waals surface area (Å²) in [6.07, 6.45) is 0.645. The van der Waals surface area contributed by atoms with Crippen LogP contribution < -0.4 is 15.0 Å². The molecule has 0 heterocycles. The molecule has 0 spiro atoms. The smallest absolute Gasteiger partial charge is 0.310 e. The van der Waals surface area contributed by atoms with Crippen LogP contribution in [0.15, 0.2) is 48.5 Å². The van der Waals surface area contributed by atoms with Gasteiger partial charge < -0.3 is 19.7 Å². The van der Waals surface area contributed by atoms with Crippen molar-refractivity contribution >= 4 is 17.6 Å². The first-order chi connectivity index (χ1) is 13.5. The number of amides is 1. The number of nitrogens with zero attached hydrogens (tertiary/aromatic N) is 1. The second-order valence-corrected chi connectivity index (χ2v) is 6.27. The second-order valence-electron chi connectivity index (χ2n) is 6.27. The highest BCUT2D eigenvalue weighted by atomic mass is 19.1. The predicted molar refractivity (Wildman–Crippen MR) is 105 cm³/mol. The minimum absolute atomic E-state index is 0.106. The molecule has 0 aliphatic carbocycles. The molecular weight excluding hydrogens is 363 g/mol. The molecule has 0 bridgehead atoms. The maximum absolute atomic E-state index is 13.6. The lowest BCUT2D eigenvalue weighted by molar-refractivity contribution is -0.147. The van der Waals surface area contributed by atoms with Crippen molar-refractivity contribution < 1.29 is 23.5 Å². The summed E-state index contributed by atoms with van der Waals surface area (Å²) in [5.74, 6) is -1.40. The fourth-order valence-electron chi connectivity index (χ4n) is 2.59. The zero-order valence-electron chi connectivity index (χ0n) is 16.1. The van der Waals surface area contributed by atoms with Crippen molar-refractivity contribution in [3.63, 3.8) is 0 Å². The van der Waals surface area contributed by atoms with Crippen LogP contribution in [0.4, 0.5) is 10.1 Å². The number of benzene rings is 2. The van der Waals surface area contributed by atoms with Gasteiger partial charge in [0.05, 0.1) is 13.5 Å². The lowest BCUT2D eigenvalue weighted by Gasteiger charge is -2.19. The first-order valence-corrected chi connectivity index (χ1v) is 9.00. The predicted octanol–water partition coefficient (Wildman–Crippen LogP) is 2.56. The number of carbonyl (C=O) groups excluding carboxylic acids is 2. The second kappa shape index (κ2) is 10.9. The largest absolute Gasteiger partial charge is 0.494 e. The quantitative estimate of drug-likeness (QED) is 0.501. The van der Waals surface area contributed by atoms with Crippen molar-refractivity contribution in [2.45, 2.75) is 12.8 Å². The molecule has 6 nitrogen and oxygen atoms in total. The molecule has 2 aromatic carbocycles. The fourth-order valence-corrected chi connectivity index (χ4v) is 2.59. The summed E-state index contributed by atoms with van der Waals surface area (Å²) in [7, 11) is 3.35. The van der Waals surface area contributed by atoms with Gasteiger partial charge in [-0.25, -0.2) is 4.39 Å². The summed E-state index contributed by atoms with van der Waals surface area (Å²) < 4.78 is 23.4. The van der Waals surface area contributed by atoms with Crippen molar-refractivity contribution in [3.8, 4) is 5.75 Å². The van der Waals surface area contributed by atoms with E-state index >= 15 is 0 Å². The van der Waals surface area contributed by atoms with E-state index < -0.39 is 11.8 Å². The van der Waals surface area contributed by atoms with E-state index in [1.54, 1.807) is 6.07 Å². The number of hydrogen-bond donors (Lipinski definition) is 1. The highest BCUT2D eigenvalue weighted by molar-refractivity contribution is 5.81. The Balaban J connectivity index is 1.62. The monoisotopic (exact) mass is 388 g/mol. The highest BCUT2D eigenvalue weighted by Gasteiger charge is 2.11. The maximum atomic E-state index is 13.6. The normalized spacial score (nSPS) is 10.2. The van der Waals surface area contributed by atoms with Gasteiger partial charge >= 0.3 is 5.97 Å². The molecule has 0 saturated carbocycles. The zero-order chi connectivity index (χ0) is 20.4. The van der Waals surface area contributed by atoms with Crippen LogP contribution in [0.3, 0.4) is 0 Å². The number of para-hydroxylation sites is 1. The number of ether oxygens (including phenoxy) is 2. The fraction of sp³-hybridized carbons (Fsp3) is 0.333. The van der Waals surface area contributed by atoms with Gasteiger partial charge in [0.15, 0.2) is 18.2 Å². The van der Waals surface area contributed by atoms with E-state index in [2.05, 4.69) is 10.2 Å². The first kappa shape index (κ1) is 21.2. The van der Waals surface area contributed by atoms with Crippen LogP contribution in [0, 0.1) is 5.82 Å². The summed E-state index contributed by atoms with van der Waals surface area (Å²) in [5.41, 5.74) is 1.56. The van der Waals surface area contributed by atoms with Gasteiger partial charge in [-0.2, -0.15) is 0 Å². The molecular formula is C21H25FN2O4. The van der Waals surface area contributed by atoms with Crippen LogP contribution in [0.1, 0.15) is 12.0 Å². The SMILES string of the molecule is COc1ccc(CC(=O)OCC(=O)NCCCN(C)c2ccccc2)cc1F. The van der Waals surface area contributed by atoms with Crippen LogP contribution in [0.25, 0.3) is 0 Å². The summed E-state index contributed by atoms with van der Waals surface area (Å²) in [5, 5.41) is 2.71. The van der Waals surface area contributed by atoms with E-state index in [0.717, 1.165) is 18.7 Å². The Labute approximate surface area is 164 Å². The standard InChI is InChI=1S/C21H25FN2O4/c1-24(17-7-4-3-5-8-17)12-6-11-23-20(25)15-28-21(26)14-16-9-10-19(27-2)18(22)13-16/h3-5,7-10,13H,6,11-12,14-15H2,1-2H3,(H,23,25). The van der Waals surface area contributed by atoms with Crippen molar-refractivity contribution in [2.75, 3.05) is 38.8 Å². The maximum Gasteiger partial charge on any atom is 0.310 e. The molecule has 0 atom stereocenters. The summed E-state index contributed by atoms with van der Waals surface area (Å²) >= 11 is 0. The van der Waals surface area contributed by atoms with Crippen molar-refractivity contribution in [2.24, 2.45) is 0 Å². The number of nitrogens with one attached hydrogen (secondary N) is 1. The van der Waals surface area contributed by atoms with Gasteiger partial charge in [0.1, 0.15) is 0 Å². The average Bonchev–Trinajstić information content (AvgIpc) is 2.70. The van der Waals surface area contributed by atoms with Crippen molar-refractivity contribution in [3.05, 3.63) is 59.9 Å². The molecule has 0 saturated heterocycles. The van der Waals surface area contributed by atoms with Crippen LogP contribution in [0.5, 0.6) is 5.75 Å². The first-order valence-electron chi connectivity index (χ1n) is 9.00. The van der Waals surface area contributed by atoms with Gasteiger partial charge in [0.25, 0.3) is 5.91 Å². The number of methoxy groups -OCH3 is 1. The summed E-state index contributed by atoms with van der Waals surface area (Å²) in [6.45, 7) is 0.913. The van der Waals surface area contributed by atoms with Crippen LogP contribution in [-0.4, -0.2) is 45.7 Å². The highest BCUT2D eigenvalue weighted by Crippen LogP contribution is 2.18. The zero-order valence-corrected chi connectivity index (χ0v) is 16.1.